The normalized spacial score (nSPS) is 12.5. The van der Waals surface area contributed by atoms with Crippen molar-refractivity contribution in [2.75, 3.05) is 14.1 Å². The summed E-state index contributed by atoms with van der Waals surface area (Å²) in [7, 11) is -0.562. The number of sulfonamides is 1. The Morgan fingerprint density at radius 1 is 1.11 bits per heavy atom. The zero-order chi connectivity index (χ0) is 14.8. The first kappa shape index (κ1) is 15.7. The topological polar surface area (TPSA) is 63.7 Å². The molecule has 0 N–H and O–H groups in total. The van der Waals surface area contributed by atoms with Crippen LogP contribution in [-0.2, 0) is 14.8 Å². The Bertz CT molecular complexity index is 553. The Kier molecular flexibility index (Phi) is 4.37. The van der Waals surface area contributed by atoms with E-state index in [0.29, 0.717) is 5.56 Å². The fourth-order valence-corrected chi connectivity index (χ4v) is 2.21. The van der Waals surface area contributed by atoms with Crippen LogP contribution in [0, 0.1) is 0 Å². The highest BCUT2D eigenvalue weighted by Gasteiger charge is 2.20. The van der Waals surface area contributed by atoms with Crippen LogP contribution in [-0.4, -0.2) is 38.4 Å². The quantitative estimate of drug-likeness (QED) is 0.796. The first-order valence-electron chi connectivity index (χ1n) is 5.80. The van der Waals surface area contributed by atoms with E-state index in [2.05, 4.69) is 0 Å². The molecule has 0 atom stereocenters. The number of ether oxygens (including phenoxy) is 1. The highest BCUT2D eigenvalue weighted by atomic mass is 32.2. The molecule has 0 radical (unpaired) electrons. The van der Waals surface area contributed by atoms with Crippen molar-refractivity contribution < 1.29 is 17.9 Å². The van der Waals surface area contributed by atoms with Crippen LogP contribution < -0.4 is 0 Å². The van der Waals surface area contributed by atoms with Gasteiger partial charge in [0, 0.05) is 14.1 Å². The molecule has 5 nitrogen and oxygen atoms in total. The number of benzene rings is 1. The van der Waals surface area contributed by atoms with Gasteiger partial charge in [0.1, 0.15) is 5.60 Å². The lowest BCUT2D eigenvalue weighted by molar-refractivity contribution is 0.00694. The van der Waals surface area contributed by atoms with E-state index in [1.54, 1.807) is 20.8 Å². The molecule has 1 rings (SSSR count). The molecule has 1 aromatic carbocycles. The van der Waals surface area contributed by atoms with Gasteiger partial charge in [-0.05, 0) is 45.0 Å². The van der Waals surface area contributed by atoms with Crippen molar-refractivity contribution in [3.05, 3.63) is 29.8 Å². The molecule has 106 valence electrons. The first-order valence-corrected chi connectivity index (χ1v) is 7.24. The second-order valence-electron chi connectivity index (χ2n) is 5.31. The van der Waals surface area contributed by atoms with E-state index < -0.39 is 21.6 Å². The lowest BCUT2D eigenvalue weighted by Gasteiger charge is -2.19. The average Bonchev–Trinajstić information content (AvgIpc) is 2.26. The van der Waals surface area contributed by atoms with Crippen LogP contribution in [0.2, 0.25) is 0 Å². The Morgan fingerprint density at radius 2 is 1.58 bits per heavy atom. The van der Waals surface area contributed by atoms with Crippen LogP contribution in [0.25, 0.3) is 0 Å². The Balaban J connectivity index is 2.98. The fourth-order valence-electron chi connectivity index (χ4n) is 1.31. The summed E-state index contributed by atoms with van der Waals surface area (Å²) in [5.74, 6) is -0.471. The summed E-state index contributed by atoms with van der Waals surface area (Å²) in [4.78, 5) is 11.9. The first-order chi connectivity index (χ1) is 8.54. The maximum absolute atomic E-state index is 11.9. The van der Waals surface area contributed by atoms with Gasteiger partial charge >= 0.3 is 5.97 Å². The second kappa shape index (κ2) is 5.30. The SMILES string of the molecule is CN(C)S(=O)(=O)c1ccc(C(=O)OC(C)(C)C)cc1. The zero-order valence-corrected chi connectivity index (χ0v) is 12.6. The molecule has 6 heteroatoms. The van der Waals surface area contributed by atoms with Gasteiger partial charge in [0.2, 0.25) is 10.0 Å². The Labute approximate surface area is 114 Å². The predicted molar refractivity (Wildman–Crippen MR) is 72.5 cm³/mol. The minimum Gasteiger partial charge on any atom is -0.456 e. The Hall–Kier alpha value is -1.40. The van der Waals surface area contributed by atoms with Crippen molar-refractivity contribution in [2.45, 2.75) is 31.3 Å². The molecular formula is C13H19NO4S. The van der Waals surface area contributed by atoms with Crippen molar-refractivity contribution in [3.63, 3.8) is 0 Å². The van der Waals surface area contributed by atoms with E-state index in [1.165, 1.54) is 38.4 Å². The molecule has 0 aliphatic rings. The number of nitrogens with zero attached hydrogens (tertiary/aromatic N) is 1. The lowest BCUT2D eigenvalue weighted by Crippen LogP contribution is -2.24. The van der Waals surface area contributed by atoms with Crippen molar-refractivity contribution >= 4 is 16.0 Å². The molecule has 0 saturated heterocycles. The summed E-state index contributed by atoms with van der Waals surface area (Å²) in [6.45, 7) is 5.32. The van der Waals surface area contributed by atoms with E-state index in [4.69, 9.17) is 4.74 Å². The summed E-state index contributed by atoms with van der Waals surface area (Å²) in [5.41, 5.74) is -0.251. The molecule has 0 bridgehead atoms. The average molecular weight is 285 g/mol. The highest BCUT2D eigenvalue weighted by molar-refractivity contribution is 7.89. The van der Waals surface area contributed by atoms with Crippen LogP contribution in [0.15, 0.2) is 29.2 Å². The summed E-state index contributed by atoms with van der Waals surface area (Å²) in [6.07, 6.45) is 0. The number of carbonyl (C=O) groups excluding carboxylic acids is 1. The molecule has 0 aliphatic carbocycles. The van der Waals surface area contributed by atoms with E-state index in [1.807, 2.05) is 0 Å². The molecule has 19 heavy (non-hydrogen) atoms. The summed E-state index contributed by atoms with van der Waals surface area (Å²) < 4.78 is 30.0. The smallest absolute Gasteiger partial charge is 0.338 e. The molecule has 1 aromatic rings. The van der Waals surface area contributed by atoms with Gasteiger partial charge < -0.3 is 4.74 Å². The van der Waals surface area contributed by atoms with Gasteiger partial charge in [-0.1, -0.05) is 0 Å². The van der Waals surface area contributed by atoms with Crippen LogP contribution in [0.3, 0.4) is 0 Å². The van der Waals surface area contributed by atoms with Crippen LogP contribution in [0.1, 0.15) is 31.1 Å². The van der Waals surface area contributed by atoms with Gasteiger partial charge in [0.15, 0.2) is 0 Å². The molecule has 0 fully saturated rings. The van der Waals surface area contributed by atoms with Gasteiger partial charge in [-0.3, -0.25) is 0 Å². The molecule has 0 heterocycles. The highest BCUT2D eigenvalue weighted by Crippen LogP contribution is 2.16. The third-order valence-electron chi connectivity index (χ3n) is 2.27. The number of carbonyl (C=O) groups is 1. The molecule has 0 amide bonds. The maximum Gasteiger partial charge on any atom is 0.338 e. The summed E-state index contributed by atoms with van der Waals surface area (Å²) in [5, 5.41) is 0. The monoisotopic (exact) mass is 285 g/mol. The van der Waals surface area contributed by atoms with Crippen molar-refractivity contribution in [1.29, 1.82) is 0 Å². The van der Waals surface area contributed by atoms with E-state index >= 15 is 0 Å². The summed E-state index contributed by atoms with van der Waals surface area (Å²) in [6, 6.07) is 5.69. The standard InChI is InChI=1S/C13H19NO4S/c1-13(2,3)18-12(15)10-6-8-11(9-7-10)19(16,17)14(4)5/h6-9H,1-5H3. The lowest BCUT2D eigenvalue weighted by atomic mass is 10.2. The third kappa shape index (κ3) is 4.04. The maximum atomic E-state index is 11.9. The fraction of sp³-hybridized carbons (Fsp3) is 0.462. The number of esters is 1. The molecule has 0 saturated carbocycles. The third-order valence-corrected chi connectivity index (χ3v) is 4.10. The van der Waals surface area contributed by atoms with Crippen LogP contribution >= 0.6 is 0 Å². The van der Waals surface area contributed by atoms with E-state index in [-0.39, 0.29) is 4.90 Å². The Morgan fingerprint density at radius 3 is 1.95 bits per heavy atom. The molecule has 0 aliphatic heterocycles. The minimum atomic E-state index is -3.47. The van der Waals surface area contributed by atoms with Gasteiger partial charge in [0.05, 0.1) is 10.5 Å². The molecular weight excluding hydrogens is 266 g/mol. The predicted octanol–water partition coefficient (Wildman–Crippen LogP) is 1.89. The number of hydrogen-bond acceptors (Lipinski definition) is 4. The van der Waals surface area contributed by atoms with E-state index in [0.717, 1.165) is 4.31 Å². The van der Waals surface area contributed by atoms with E-state index in [9.17, 15) is 13.2 Å². The van der Waals surface area contributed by atoms with Gasteiger partial charge in [-0.25, -0.2) is 17.5 Å². The molecule has 0 spiro atoms. The van der Waals surface area contributed by atoms with Crippen molar-refractivity contribution in [2.24, 2.45) is 0 Å². The zero-order valence-electron chi connectivity index (χ0n) is 11.8. The number of rotatable bonds is 3. The van der Waals surface area contributed by atoms with Gasteiger partial charge in [0.25, 0.3) is 0 Å². The van der Waals surface area contributed by atoms with Crippen LogP contribution in [0.5, 0.6) is 0 Å². The van der Waals surface area contributed by atoms with Crippen LogP contribution in [0.4, 0.5) is 0 Å². The summed E-state index contributed by atoms with van der Waals surface area (Å²) >= 11 is 0. The minimum absolute atomic E-state index is 0.143. The number of hydrogen-bond donors (Lipinski definition) is 0. The van der Waals surface area contributed by atoms with Gasteiger partial charge in [-0.2, -0.15) is 0 Å². The molecule has 0 unspecified atom stereocenters. The molecule has 0 aromatic heterocycles. The largest absolute Gasteiger partial charge is 0.456 e. The second-order valence-corrected chi connectivity index (χ2v) is 7.47. The van der Waals surface area contributed by atoms with Crippen molar-refractivity contribution in [3.8, 4) is 0 Å². The van der Waals surface area contributed by atoms with Gasteiger partial charge in [-0.15, -0.1) is 0 Å². The van der Waals surface area contributed by atoms with Crippen molar-refractivity contribution in [1.82, 2.24) is 4.31 Å².